The van der Waals surface area contributed by atoms with Crippen molar-refractivity contribution in [1.29, 1.82) is 0 Å². The first kappa shape index (κ1) is 49.6. The van der Waals surface area contributed by atoms with Crippen molar-refractivity contribution < 1.29 is 15.0 Å². The normalized spacial score (nSPS) is 13.3. The summed E-state index contributed by atoms with van der Waals surface area (Å²) in [5, 5.41) is 23.0. The summed E-state index contributed by atoms with van der Waals surface area (Å²) < 4.78 is 0. The Hall–Kier alpha value is -1.39. The second kappa shape index (κ2) is 43.0. The number of aliphatic hydroxyl groups excluding tert-OH is 2. The smallest absolute Gasteiger partial charge is 0.220 e. The largest absolute Gasteiger partial charge is 0.394 e. The third kappa shape index (κ3) is 39.6. The minimum atomic E-state index is -0.863. The average molecular weight is 716 g/mol. The van der Waals surface area contributed by atoms with Crippen LogP contribution in [0.25, 0.3) is 0 Å². The highest BCUT2D eigenvalue weighted by atomic mass is 16.3. The summed E-state index contributed by atoms with van der Waals surface area (Å²) in [6.07, 6.45) is 56.9. The molecule has 51 heavy (non-hydrogen) atoms. The van der Waals surface area contributed by atoms with Crippen LogP contribution in [0.4, 0.5) is 0 Å². The van der Waals surface area contributed by atoms with E-state index < -0.39 is 12.1 Å². The zero-order valence-corrected chi connectivity index (χ0v) is 34.4. The van der Waals surface area contributed by atoms with Gasteiger partial charge in [-0.25, -0.2) is 0 Å². The standard InChI is InChI=1S/C47H89NO3/c1-3-5-7-9-11-13-15-17-19-21-23-25-26-28-30-32-34-36-38-40-42-46(50)45(44-49)48-47(51)43-41-39-37-35-33-31-29-27-24-22-20-18-16-14-12-10-8-6-4-2/h22,24,32,34,40,42,45-46,49-50H,3-21,23,25-31,33,35-39,41,43-44H2,1-2H3,(H,48,51)/b24-22-,34-32+,42-40+. The van der Waals surface area contributed by atoms with Crippen molar-refractivity contribution in [2.45, 2.75) is 251 Å². The van der Waals surface area contributed by atoms with E-state index in [0.717, 1.165) is 32.1 Å². The van der Waals surface area contributed by atoms with Crippen LogP contribution in [0.1, 0.15) is 239 Å². The van der Waals surface area contributed by atoms with E-state index in [2.05, 4.69) is 43.5 Å². The number of aliphatic hydroxyl groups is 2. The molecule has 0 heterocycles. The molecule has 0 radical (unpaired) electrons. The van der Waals surface area contributed by atoms with E-state index in [4.69, 9.17) is 0 Å². The van der Waals surface area contributed by atoms with E-state index in [1.807, 2.05) is 6.08 Å². The number of allylic oxidation sites excluding steroid dienone is 5. The third-order valence-electron chi connectivity index (χ3n) is 10.3. The lowest BCUT2D eigenvalue weighted by atomic mass is 10.0. The van der Waals surface area contributed by atoms with Crippen LogP contribution in [0.2, 0.25) is 0 Å². The molecule has 4 heteroatoms. The Morgan fingerprint density at radius 3 is 1.14 bits per heavy atom. The molecule has 0 spiro atoms. The van der Waals surface area contributed by atoms with Crippen LogP contribution in [0.5, 0.6) is 0 Å². The van der Waals surface area contributed by atoms with Gasteiger partial charge in [-0.15, -0.1) is 0 Å². The Morgan fingerprint density at radius 1 is 0.451 bits per heavy atom. The molecule has 0 saturated carbocycles. The Bertz CT molecular complexity index is 775. The van der Waals surface area contributed by atoms with E-state index >= 15 is 0 Å². The second-order valence-electron chi connectivity index (χ2n) is 15.5. The maximum atomic E-state index is 12.4. The molecule has 3 N–H and O–H groups in total. The van der Waals surface area contributed by atoms with E-state index in [0.29, 0.717) is 6.42 Å². The molecule has 0 aromatic carbocycles. The molecule has 4 nitrogen and oxygen atoms in total. The van der Waals surface area contributed by atoms with Crippen molar-refractivity contribution >= 4 is 5.91 Å². The van der Waals surface area contributed by atoms with Crippen molar-refractivity contribution in [3.05, 3.63) is 36.5 Å². The van der Waals surface area contributed by atoms with Crippen LogP contribution in [0, 0.1) is 0 Å². The second-order valence-corrected chi connectivity index (χ2v) is 15.5. The van der Waals surface area contributed by atoms with Gasteiger partial charge in [0.15, 0.2) is 0 Å². The lowest BCUT2D eigenvalue weighted by molar-refractivity contribution is -0.123. The summed E-state index contributed by atoms with van der Waals surface area (Å²) in [5.74, 6) is -0.0771. The predicted octanol–water partition coefficient (Wildman–Crippen LogP) is 14.2. The van der Waals surface area contributed by atoms with Crippen molar-refractivity contribution in [3.8, 4) is 0 Å². The molecule has 0 aliphatic heterocycles. The van der Waals surface area contributed by atoms with Crippen molar-refractivity contribution in [2.24, 2.45) is 0 Å². The minimum absolute atomic E-state index is 0.0771. The number of rotatable bonds is 41. The molecule has 300 valence electrons. The molecule has 0 aliphatic carbocycles. The van der Waals surface area contributed by atoms with Gasteiger partial charge < -0.3 is 15.5 Å². The first-order valence-electron chi connectivity index (χ1n) is 22.7. The lowest BCUT2D eigenvalue weighted by Crippen LogP contribution is -2.45. The molecular formula is C47H89NO3. The molecule has 0 bridgehead atoms. The number of hydrogen-bond donors (Lipinski definition) is 3. The fourth-order valence-corrected chi connectivity index (χ4v) is 6.84. The van der Waals surface area contributed by atoms with Crippen molar-refractivity contribution in [2.75, 3.05) is 6.61 Å². The first-order valence-corrected chi connectivity index (χ1v) is 22.7. The Kier molecular flexibility index (Phi) is 41.8. The number of hydrogen-bond acceptors (Lipinski definition) is 3. The highest BCUT2D eigenvalue weighted by Crippen LogP contribution is 2.15. The van der Waals surface area contributed by atoms with Gasteiger partial charge >= 0.3 is 0 Å². The van der Waals surface area contributed by atoms with Gasteiger partial charge in [-0.1, -0.05) is 211 Å². The van der Waals surface area contributed by atoms with Gasteiger partial charge in [-0.2, -0.15) is 0 Å². The van der Waals surface area contributed by atoms with Gasteiger partial charge in [-0.3, -0.25) is 4.79 Å². The number of carbonyl (C=O) groups is 1. The monoisotopic (exact) mass is 716 g/mol. The van der Waals surface area contributed by atoms with Gasteiger partial charge in [0.2, 0.25) is 5.91 Å². The van der Waals surface area contributed by atoms with Crippen molar-refractivity contribution in [3.63, 3.8) is 0 Å². The molecule has 0 fully saturated rings. The molecule has 0 aromatic heterocycles. The summed E-state index contributed by atoms with van der Waals surface area (Å²) >= 11 is 0. The summed E-state index contributed by atoms with van der Waals surface area (Å²) in [4.78, 5) is 12.4. The Balaban J connectivity index is 3.60. The topological polar surface area (TPSA) is 69.6 Å². The predicted molar refractivity (Wildman–Crippen MR) is 225 cm³/mol. The maximum Gasteiger partial charge on any atom is 0.220 e. The minimum Gasteiger partial charge on any atom is -0.394 e. The van der Waals surface area contributed by atoms with E-state index in [1.54, 1.807) is 6.08 Å². The summed E-state index contributed by atoms with van der Waals surface area (Å²) in [6.45, 7) is 4.31. The van der Waals surface area contributed by atoms with E-state index in [-0.39, 0.29) is 12.5 Å². The lowest BCUT2D eigenvalue weighted by Gasteiger charge is -2.19. The van der Waals surface area contributed by atoms with Crippen LogP contribution < -0.4 is 5.32 Å². The molecule has 0 aliphatic rings. The van der Waals surface area contributed by atoms with Gasteiger partial charge in [0.05, 0.1) is 18.8 Å². The SMILES string of the molecule is CCCCCCCCCC/C=C\CCCCCCCCCC(=O)NC(CO)C(O)/C=C/CC/C=C/CCCCCCCCCCCCCCCC. The van der Waals surface area contributed by atoms with Crippen LogP contribution in [-0.4, -0.2) is 34.9 Å². The number of amides is 1. The number of carbonyl (C=O) groups excluding carboxylic acids is 1. The molecular weight excluding hydrogens is 627 g/mol. The van der Waals surface area contributed by atoms with Gasteiger partial charge in [-0.05, 0) is 57.8 Å². The molecule has 2 atom stereocenters. The van der Waals surface area contributed by atoms with Crippen LogP contribution in [0.3, 0.4) is 0 Å². The number of unbranched alkanes of at least 4 members (excludes halogenated alkanes) is 30. The van der Waals surface area contributed by atoms with Crippen LogP contribution in [0.15, 0.2) is 36.5 Å². The van der Waals surface area contributed by atoms with E-state index in [9.17, 15) is 15.0 Å². The maximum absolute atomic E-state index is 12.4. The highest BCUT2D eigenvalue weighted by molar-refractivity contribution is 5.76. The van der Waals surface area contributed by atoms with Gasteiger partial charge in [0.1, 0.15) is 0 Å². The highest BCUT2D eigenvalue weighted by Gasteiger charge is 2.17. The summed E-state index contributed by atoms with van der Waals surface area (Å²) in [5.41, 5.74) is 0. The van der Waals surface area contributed by atoms with Crippen LogP contribution in [-0.2, 0) is 4.79 Å². The van der Waals surface area contributed by atoms with Gasteiger partial charge in [0, 0.05) is 6.42 Å². The Labute approximate surface area is 319 Å². The first-order chi connectivity index (χ1) is 25.2. The fraction of sp³-hybridized carbons (Fsp3) is 0.851. The average Bonchev–Trinajstić information content (AvgIpc) is 3.13. The molecule has 0 aromatic rings. The zero-order chi connectivity index (χ0) is 37.1. The molecule has 1 amide bonds. The van der Waals surface area contributed by atoms with Crippen molar-refractivity contribution in [1.82, 2.24) is 5.32 Å². The van der Waals surface area contributed by atoms with E-state index in [1.165, 1.54) is 186 Å². The Morgan fingerprint density at radius 2 is 0.765 bits per heavy atom. The molecule has 2 unspecified atom stereocenters. The quantitative estimate of drug-likeness (QED) is 0.0436. The summed E-state index contributed by atoms with van der Waals surface area (Å²) in [7, 11) is 0. The van der Waals surface area contributed by atoms with Crippen LogP contribution >= 0.6 is 0 Å². The summed E-state index contributed by atoms with van der Waals surface area (Å²) in [6, 6.07) is -0.640. The third-order valence-corrected chi connectivity index (χ3v) is 10.3. The zero-order valence-electron chi connectivity index (χ0n) is 34.4. The molecule has 0 saturated heterocycles. The van der Waals surface area contributed by atoms with Gasteiger partial charge in [0.25, 0.3) is 0 Å². The fourth-order valence-electron chi connectivity index (χ4n) is 6.84. The molecule has 0 rings (SSSR count). The number of nitrogens with one attached hydrogen (secondary N) is 1.